The van der Waals surface area contributed by atoms with Gasteiger partial charge in [0.1, 0.15) is 0 Å². The van der Waals surface area contributed by atoms with E-state index in [1.807, 2.05) is 0 Å². The number of unbranched alkanes of at least 4 members (excludes halogenated alkanes) is 7. The Kier molecular flexibility index (Phi) is 13.1. The summed E-state index contributed by atoms with van der Waals surface area (Å²) in [5.74, 6) is 0.413. The fraction of sp³-hybridized carbons (Fsp3) is 0.952. The predicted octanol–water partition coefficient (Wildman–Crippen LogP) is 6.70. The van der Waals surface area contributed by atoms with Gasteiger partial charge in [0.05, 0.1) is 7.11 Å². The molecule has 1 N–H and O–H groups in total. The van der Waals surface area contributed by atoms with Crippen molar-refractivity contribution in [3.8, 4) is 0 Å². The zero-order valence-corrected chi connectivity index (χ0v) is 17.2. The van der Waals surface area contributed by atoms with Crippen molar-refractivity contribution < 1.29 is 9.53 Å². The number of carbonyl (C=O) groups is 1. The van der Waals surface area contributed by atoms with E-state index in [1.165, 1.54) is 77.7 Å². The molecular weight excluding hydrogens is 298 g/mol. The Balaban J connectivity index is 4.84. The van der Waals surface area contributed by atoms with Gasteiger partial charge in [0, 0.05) is 6.04 Å². The molecule has 144 valence electrons. The first-order chi connectivity index (χ1) is 11.4. The Bertz CT molecular complexity index is 317. The highest BCUT2D eigenvalue weighted by molar-refractivity contribution is 5.67. The SMILES string of the molecule is CCCCCCCC(C)(CCCCCC)[C@@H](NC(=O)OC)C(C)C. The molecule has 0 saturated carbocycles. The molecule has 0 aromatic heterocycles. The van der Waals surface area contributed by atoms with Gasteiger partial charge in [-0.1, -0.05) is 92.4 Å². The quantitative estimate of drug-likeness (QED) is 0.357. The van der Waals surface area contributed by atoms with Gasteiger partial charge in [-0.05, 0) is 24.2 Å². The second kappa shape index (κ2) is 13.5. The molecule has 24 heavy (non-hydrogen) atoms. The lowest BCUT2D eigenvalue weighted by Crippen LogP contribution is -2.49. The minimum absolute atomic E-state index is 0.155. The molecule has 0 fully saturated rings. The number of hydrogen-bond donors (Lipinski definition) is 1. The van der Waals surface area contributed by atoms with Crippen LogP contribution in [0.5, 0.6) is 0 Å². The molecule has 0 aliphatic rings. The minimum Gasteiger partial charge on any atom is -0.453 e. The van der Waals surface area contributed by atoms with Crippen LogP contribution in [0, 0.1) is 11.3 Å². The van der Waals surface area contributed by atoms with Crippen LogP contribution in [-0.2, 0) is 4.74 Å². The van der Waals surface area contributed by atoms with Gasteiger partial charge in [0.25, 0.3) is 0 Å². The summed E-state index contributed by atoms with van der Waals surface area (Å²) < 4.78 is 4.88. The van der Waals surface area contributed by atoms with E-state index in [1.54, 1.807) is 0 Å². The van der Waals surface area contributed by atoms with Crippen molar-refractivity contribution in [3.63, 3.8) is 0 Å². The standard InChI is InChI=1S/C21H43NO2/c1-7-9-11-13-15-17-21(5,16-14-12-10-8-2)19(18(3)4)22-20(23)24-6/h18-19H,7-17H2,1-6H3,(H,22,23)/t19-,21?/m0/s1. The summed E-state index contributed by atoms with van der Waals surface area (Å²) in [7, 11) is 1.45. The lowest BCUT2D eigenvalue weighted by Gasteiger charge is -2.41. The van der Waals surface area contributed by atoms with Gasteiger partial charge in [-0.3, -0.25) is 0 Å². The normalized spacial score (nSPS) is 15.1. The van der Waals surface area contributed by atoms with E-state index in [0.29, 0.717) is 5.92 Å². The molecule has 0 aliphatic carbocycles. The number of nitrogens with one attached hydrogen (secondary N) is 1. The van der Waals surface area contributed by atoms with Crippen molar-refractivity contribution in [1.29, 1.82) is 0 Å². The third-order valence-corrected chi connectivity index (χ3v) is 5.33. The molecule has 1 unspecified atom stereocenters. The van der Waals surface area contributed by atoms with Gasteiger partial charge in [-0.2, -0.15) is 0 Å². The third kappa shape index (κ3) is 9.54. The van der Waals surface area contributed by atoms with Crippen LogP contribution in [0.3, 0.4) is 0 Å². The fourth-order valence-corrected chi connectivity index (χ4v) is 3.86. The number of carbonyl (C=O) groups excluding carboxylic acids is 1. The summed E-state index contributed by atoms with van der Waals surface area (Å²) >= 11 is 0. The van der Waals surface area contributed by atoms with Crippen LogP contribution in [0.4, 0.5) is 4.79 Å². The average Bonchev–Trinajstić information content (AvgIpc) is 2.55. The van der Waals surface area contributed by atoms with E-state index in [4.69, 9.17) is 4.74 Å². The van der Waals surface area contributed by atoms with Crippen LogP contribution in [0.15, 0.2) is 0 Å². The van der Waals surface area contributed by atoms with Gasteiger partial charge in [-0.15, -0.1) is 0 Å². The highest BCUT2D eigenvalue weighted by Crippen LogP contribution is 2.38. The van der Waals surface area contributed by atoms with E-state index < -0.39 is 0 Å². The molecular formula is C21H43NO2. The maximum Gasteiger partial charge on any atom is 0.407 e. The van der Waals surface area contributed by atoms with Gasteiger partial charge in [0.15, 0.2) is 0 Å². The number of alkyl carbamates (subject to hydrolysis) is 1. The maximum atomic E-state index is 11.8. The zero-order valence-electron chi connectivity index (χ0n) is 17.2. The molecule has 3 heteroatoms. The molecule has 3 nitrogen and oxygen atoms in total. The number of amides is 1. The van der Waals surface area contributed by atoms with E-state index in [2.05, 4.69) is 39.9 Å². The Morgan fingerprint density at radius 3 is 1.79 bits per heavy atom. The number of hydrogen-bond acceptors (Lipinski definition) is 2. The molecule has 0 aliphatic heterocycles. The van der Waals surface area contributed by atoms with Crippen molar-refractivity contribution in [3.05, 3.63) is 0 Å². The van der Waals surface area contributed by atoms with E-state index in [0.717, 1.165) is 0 Å². The highest BCUT2D eigenvalue weighted by atomic mass is 16.5. The van der Waals surface area contributed by atoms with E-state index >= 15 is 0 Å². The van der Waals surface area contributed by atoms with Crippen molar-refractivity contribution in [2.75, 3.05) is 7.11 Å². The summed E-state index contributed by atoms with van der Waals surface area (Å²) in [5, 5.41) is 3.14. The third-order valence-electron chi connectivity index (χ3n) is 5.33. The first kappa shape index (κ1) is 23.3. The smallest absolute Gasteiger partial charge is 0.407 e. The largest absolute Gasteiger partial charge is 0.453 e. The molecule has 1 amide bonds. The van der Waals surface area contributed by atoms with Crippen LogP contribution in [0.1, 0.15) is 105 Å². The number of rotatable bonds is 14. The molecule has 0 heterocycles. The molecule has 0 aromatic rings. The summed E-state index contributed by atoms with van der Waals surface area (Å²) in [6, 6.07) is 0.178. The molecule has 0 spiro atoms. The van der Waals surface area contributed by atoms with E-state index in [-0.39, 0.29) is 17.6 Å². The van der Waals surface area contributed by atoms with Crippen LogP contribution in [0.25, 0.3) is 0 Å². The second-order valence-electron chi connectivity index (χ2n) is 7.99. The Morgan fingerprint density at radius 1 is 0.917 bits per heavy atom. The lowest BCUT2D eigenvalue weighted by molar-refractivity contribution is 0.112. The van der Waals surface area contributed by atoms with Crippen molar-refractivity contribution in [1.82, 2.24) is 5.32 Å². The lowest BCUT2D eigenvalue weighted by atomic mass is 9.70. The Hall–Kier alpha value is -0.730. The van der Waals surface area contributed by atoms with Gasteiger partial charge in [-0.25, -0.2) is 4.79 Å². The molecule has 0 saturated heterocycles. The summed E-state index contributed by atoms with van der Waals surface area (Å²) in [6.07, 6.45) is 13.7. The van der Waals surface area contributed by atoms with E-state index in [9.17, 15) is 4.79 Å². The topological polar surface area (TPSA) is 38.3 Å². The van der Waals surface area contributed by atoms with Crippen LogP contribution in [-0.4, -0.2) is 19.2 Å². The first-order valence-corrected chi connectivity index (χ1v) is 10.3. The highest BCUT2D eigenvalue weighted by Gasteiger charge is 2.36. The molecule has 0 rings (SSSR count). The summed E-state index contributed by atoms with van der Waals surface area (Å²) in [4.78, 5) is 11.8. The molecule has 0 bridgehead atoms. The van der Waals surface area contributed by atoms with Crippen LogP contribution < -0.4 is 5.32 Å². The van der Waals surface area contributed by atoms with Gasteiger partial charge in [0.2, 0.25) is 0 Å². The van der Waals surface area contributed by atoms with Crippen molar-refractivity contribution >= 4 is 6.09 Å². The summed E-state index contributed by atoms with van der Waals surface area (Å²) in [6.45, 7) is 11.3. The van der Waals surface area contributed by atoms with Crippen molar-refractivity contribution in [2.24, 2.45) is 11.3 Å². The molecule has 0 radical (unpaired) electrons. The van der Waals surface area contributed by atoms with Crippen LogP contribution >= 0.6 is 0 Å². The Labute approximate surface area is 151 Å². The summed E-state index contributed by atoms with van der Waals surface area (Å²) in [5.41, 5.74) is 0.155. The predicted molar refractivity (Wildman–Crippen MR) is 104 cm³/mol. The van der Waals surface area contributed by atoms with Gasteiger partial charge >= 0.3 is 6.09 Å². The number of ether oxygens (including phenoxy) is 1. The number of methoxy groups -OCH3 is 1. The Morgan fingerprint density at radius 2 is 1.38 bits per heavy atom. The maximum absolute atomic E-state index is 11.8. The van der Waals surface area contributed by atoms with Crippen LogP contribution in [0.2, 0.25) is 0 Å². The fourth-order valence-electron chi connectivity index (χ4n) is 3.86. The van der Waals surface area contributed by atoms with Crippen molar-refractivity contribution in [2.45, 2.75) is 111 Å². The average molecular weight is 342 g/mol. The second-order valence-corrected chi connectivity index (χ2v) is 7.99. The monoisotopic (exact) mass is 341 g/mol. The van der Waals surface area contributed by atoms with Gasteiger partial charge < -0.3 is 10.1 Å². The molecule has 2 atom stereocenters. The molecule has 0 aromatic carbocycles. The minimum atomic E-state index is -0.292. The first-order valence-electron chi connectivity index (χ1n) is 10.3. The zero-order chi connectivity index (χ0) is 18.4.